The molecule has 0 atom stereocenters. The highest BCUT2D eigenvalue weighted by atomic mass is 19.4. The number of hydrogen-bond acceptors (Lipinski definition) is 3. The van der Waals surface area contributed by atoms with Crippen LogP contribution in [0.2, 0.25) is 0 Å². The Hall–Kier alpha value is -7.02. The standard InChI is InChI=1S/C48H29F9N4/c49-46(50,51)31-20-23-33(40(26-31)48(55,56)57)30-19-22-36-35-16-8-10-18-41(35)61(42(36)25-30)32-21-24-37(38(27-32)34-15-7-9-17-39(34)47(52,53)54)45-59-43(28-11-3-1-4-12-28)58-44(60-45)29-13-5-2-6-14-29/h1-15,17-22,24-27H,16,23H2. The molecule has 304 valence electrons. The number of nitrogens with zero attached hydrogens (tertiary/aromatic N) is 4. The Morgan fingerprint density at radius 2 is 1.18 bits per heavy atom. The third-order valence-electron chi connectivity index (χ3n) is 10.7. The molecule has 2 aliphatic rings. The molecule has 0 fully saturated rings. The molecule has 0 amide bonds. The normalized spacial score (nSPS) is 15.3. The van der Waals surface area contributed by atoms with Crippen molar-refractivity contribution in [3.05, 3.63) is 178 Å². The zero-order valence-corrected chi connectivity index (χ0v) is 31.5. The van der Waals surface area contributed by atoms with E-state index in [-0.39, 0.29) is 51.0 Å². The van der Waals surface area contributed by atoms with Crippen molar-refractivity contribution in [2.45, 2.75) is 31.4 Å². The van der Waals surface area contributed by atoms with Gasteiger partial charge in [0.05, 0.1) is 27.6 Å². The molecule has 5 aromatic carbocycles. The van der Waals surface area contributed by atoms with E-state index in [1.807, 2.05) is 42.5 Å². The fourth-order valence-electron chi connectivity index (χ4n) is 7.91. The van der Waals surface area contributed by atoms with Crippen molar-refractivity contribution in [1.29, 1.82) is 0 Å². The van der Waals surface area contributed by atoms with Crippen LogP contribution in [0.4, 0.5) is 39.5 Å². The highest BCUT2D eigenvalue weighted by molar-refractivity contribution is 5.90. The van der Waals surface area contributed by atoms with Gasteiger partial charge in [-0.1, -0.05) is 109 Å². The number of allylic oxidation sites excluding steroid dienone is 6. The van der Waals surface area contributed by atoms with Crippen LogP contribution >= 0.6 is 0 Å². The average Bonchev–Trinajstić information content (AvgIpc) is 3.59. The van der Waals surface area contributed by atoms with Crippen molar-refractivity contribution in [1.82, 2.24) is 19.5 Å². The topological polar surface area (TPSA) is 43.6 Å². The van der Waals surface area contributed by atoms with Crippen LogP contribution in [-0.4, -0.2) is 31.9 Å². The van der Waals surface area contributed by atoms with E-state index in [9.17, 15) is 39.5 Å². The lowest BCUT2D eigenvalue weighted by Gasteiger charge is -2.21. The first-order valence-electron chi connectivity index (χ1n) is 18.9. The Balaban J connectivity index is 1.32. The van der Waals surface area contributed by atoms with Crippen LogP contribution in [0, 0.1) is 0 Å². The smallest absolute Gasteiger partial charge is 0.310 e. The lowest BCUT2D eigenvalue weighted by Crippen LogP contribution is -2.23. The molecule has 2 heterocycles. The Morgan fingerprint density at radius 3 is 1.82 bits per heavy atom. The summed E-state index contributed by atoms with van der Waals surface area (Å²) in [6.07, 6.45) is -8.69. The summed E-state index contributed by atoms with van der Waals surface area (Å²) < 4.78 is 130. The summed E-state index contributed by atoms with van der Waals surface area (Å²) in [6.45, 7) is 0. The summed E-state index contributed by atoms with van der Waals surface area (Å²) in [4.78, 5) is 14.3. The first kappa shape index (κ1) is 39.4. The van der Waals surface area contributed by atoms with E-state index in [0.717, 1.165) is 17.7 Å². The molecule has 0 unspecified atom stereocenters. The predicted octanol–water partition coefficient (Wildman–Crippen LogP) is 11.9. The van der Waals surface area contributed by atoms with Gasteiger partial charge < -0.3 is 4.57 Å². The largest absolute Gasteiger partial charge is 0.417 e. The average molecular weight is 833 g/mol. The Kier molecular flexibility index (Phi) is 9.64. The summed E-state index contributed by atoms with van der Waals surface area (Å²) in [7, 11) is 0. The molecule has 2 aliphatic carbocycles. The van der Waals surface area contributed by atoms with Crippen LogP contribution < -0.4 is 10.6 Å². The molecule has 0 spiro atoms. The van der Waals surface area contributed by atoms with E-state index < -0.39 is 41.7 Å². The van der Waals surface area contributed by atoms with Crippen LogP contribution in [0.25, 0.3) is 73.5 Å². The number of rotatable bonds is 5. The fraction of sp³-hybridized carbons (Fsp3) is 0.104. The monoisotopic (exact) mass is 832 g/mol. The minimum Gasteiger partial charge on any atom is -0.310 e. The first-order valence-corrected chi connectivity index (χ1v) is 18.9. The summed E-state index contributed by atoms with van der Waals surface area (Å²) in [5, 5.41) is 1.33. The van der Waals surface area contributed by atoms with E-state index in [4.69, 9.17) is 15.0 Å². The van der Waals surface area contributed by atoms with Crippen LogP contribution in [0.1, 0.15) is 17.5 Å². The molecule has 0 aliphatic heterocycles. The maximum Gasteiger partial charge on any atom is 0.417 e. The SMILES string of the molecule is FC(F)(F)C1=CCC(=c2ccc3c4c(n(-c5ccc(-c6nc(-c7ccccc7)nc(-c7ccccc7)n6)c(-c6ccccc6C(F)(F)F)c5)c3c2)=CC=CC4)C(C(F)(F)F)=C1. The van der Waals surface area contributed by atoms with Crippen molar-refractivity contribution >= 4 is 22.6 Å². The van der Waals surface area contributed by atoms with Gasteiger partial charge in [0.25, 0.3) is 0 Å². The summed E-state index contributed by atoms with van der Waals surface area (Å²) in [5.74, 6) is 0.661. The van der Waals surface area contributed by atoms with Crippen molar-refractivity contribution in [2.24, 2.45) is 0 Å². The molecule has 7 aromatic rings. The molecule has 13 heteroatoms. The molecular formula is C48H29F9N4. The van der Waals surface area contributed by atoms with E-state index in [0.29, 0.717) is 39.5 Å². The second-order valence-corrected chi connectivity index (χ2v) is 14.4. The van der Waals surface area contributed by atoms with Gasteiger partial charge in [0.1, 0.15) is 0 Å². The van der Waals surface area contributed by atoms with Crippen molar-refractivity contribution < 1.29 is 39.5 Å². The Morgan fingerprint density at radius 1 is 0.541 bits per heavy atom. The van der Waals surface area contributed by atoms with E-state index in [1.54, 1.807) is 65.3 Å². The minimum atomic E-state index is -5.10. The Bertz CT molecular complexity index is 3020. The molecule has 61 heavy (non-hydrogen) atoms. The van der Waals surface area contributed by atoms with Gasteiger partial charge in [0.2, 0.25) is 0 Å². The van der Waals surface area contributed by atoms with Crippen LogP contribution in [0.5, 0.6) is 0 Å². The number of benzene rings is 5. The van der Waals surface area contributed by atoms with Gasteiger partial charge in [-0.15, -0.1) is 0 Å². The van der Waals surface area contributed by atoms with Crippen LogP contribution in [0.3, 0.4) is 0 Å². The molecule has 0 bridgehead atoms. The van der Waals surface area contributed by atoms with Gasteiger partial charge >= 0.3 is 18.5 Å². The maximum absolute atomic E-state index is 14.9. The van der Waals surface area contributed by atoms with Crippen molar-refractivity contribution in [2.75, 3.05) is 0 Å². The lowest BCUT2D eigenvalue weighted by molar-refractivity contribution is -0.137. The predicted molar refractivity (Wildman–Crippen MR) is 216 cm³/mol. The van der Waals surface area contributed by atoms with Gasteiger partial charge in [-0.05, 0) is 82.8 Å². The van der Waals surface area contributed by atoms with E-state index in [2.05, 4.69) is 0 Å². The number of fused-ring (bicyclic) bond motifs is 3. The second-order valence-electron chi connectivity index (χ2n) is 14.4. The summed E-state index contributed by atoms with van der Waals surface area (Å²) in [5.41, 5.74) is -1.00. The zero-order chi connectivity index (χ0) is 42.7. The van der Waals surface area contributed by atoms with Gasteiger partial charge in [-0.2, -0.15) is 39.5 Å². The van der Waals surface area contributed by atoms with E-state index in [1.165, 1.54) is 30.3 Å². The van der Waals surface area contributed by atoms with Gasteiger partial charge in [-0.25, -0.2) is 15.0 Å². The lowest BCUT2D eigenvalue weighted by atomic mass is 9.91. The van der Waals surface area contributed by atoms with Gasteiger partial charge in [0.15, 0.2) is 17.5 Å². The number of hydrogen-bond donors (Lipinski definition) is 0. The Labute approximate surface area is 341 Å². The zero-order valence-electron chi connectivity index (χ0n) is 31.5. The van der Waals surface area contributed by atoms with Crippen LogP contribution in [0.15, 0.2) is 157 Å². The van der Waals surface area contributed by atoms with Gasteiger partial charge in [-0.3, -0.25) is 0 Å². The third-order valence-corrected chi connectivity index (χ3v) is 10.7. The molecular weight excluding hydrogens is 804 g/mol. The van der Waals surface area contributed by atoms with E-state index >= 15 is 0 Å². The third kappa shape index (κ3) is 7.45. The molecule has 0 saturated carbocycles. The second kappa shape index (κ2) is 14.9. The molecule has 0 N–H and O–H groups in total. The molecule has 9 rings (SSSR count). The van der Waals surface area contributed by atoms with Crippen molar-refractivity contribution in [3.8, 4) is 51.0 Å². The fourth-order valence-corrected chi connectivity index (χ4v) is 7.91. The minimum absolute atomic E-state index is 0.0453. The maximum atomic E-state index is 14.9. The van der Waals surface area contributed by atoms with Gasteiger partial charge in [0, 0.05) is 27.8 Å². The van der Waals surface area contributed by atoms with Crippen molar-refractivity contribution in [3.63, 3.8) is 0 Å². The summed E-state index contributed by atoms with van der Waals surface area (Å²) >= 11 is 0. The number of alkyl halides is 9. The number of halogens is 9. The molecule has 0 saturated heterocycles. The molecule has 0 radical (unpaired) electrons. The highest BCUT2D eigenvalue weighted by Crippen LogP contribution is 2.43. The quantitative estimate of drug-likeness (QED) is 0.162. The number of aromatic nitrogens is 4. The van der Waals surface area contributed by atoms with Crippen LogP contribution in [-0.2, 0) is 12.6 Å². The highest BCUT2D eigenvalue weighted by Gasteiger charge is 2.42. The molecule has 2 aromatic heterocycles. The molecule has 4 nitrogen and oxygen atoms in total. The summed E-state index contributed by atoms with van der Waals surface area (Å²) in [6, 6.07) is 32.7. The first-order chi connectivity index (χ1) is 29.1.